The number of benzene rings is 3. The fourth-order valence-electron chi connectivity index (χ4n) is 3.22. The van der Waals surface area contributed by atoms with Crippen LogP contribution in [0.2, 0.25) is 10.0 Å². The molecule has 120 valence electrons. The molecular formula is C18H11Cl2FN2O. The smallest absolute Gasteiger partial charge is 0.253 e. The van der Waals surface area contributed by atoms with Crippen LogP contribution in [-0.2, 0) is 0 Å². The Labute approximate surface area is 147 Å². The number of carbonyl (C=O) groups is 1. The molecule has 0 fully saturated rings. The Morgan fingerprint density at radius 2 is 1.88 bits per heavy atom. The summed E-state index contributed by atoms with van der Waals surface area (Å²) in [6, 6.07) is 10.5. The van der Waals surface area contributed by atoms with Crippen LogP contribution < -0.4 is 11.1 Å². The standard InChI is InChI=1S/C18H11Cl2FN2O/c19-9-1-3-11-8(5-9)6-14(22)16-15(11)18(24)23-17(16)12-7-10(21)2-4-13(12)20/h1-7,17H,22H2,(H,23,24). The van der Waals surface area contributed by atoms with Gasteiger partial charge in [0.15, 0.2) is 0 Å². The largest absolute Gasteiger partial charge is 0.398 e. The van der Waals surface area contributed by atoms with Crippen LogP contribution in [0, 0.1) is 5.82 Å². The number of rotatable bonds is 1. The number of anilines is 1. The van der Waals surface area contributed by atoms with Crippen LogP contribution >= 0.6 is 23.2 Å². The summed E-state index contributed by atoms with van der Waals surface area (Å²) in [4.78, 5) is 12.6. The molecule has 24 heavy (non-hydrogen) atoms. The zero-order chi connectivity index (χ0) is 17.0. The molecule has 0 saturated carbocycles. The van der Waals surface area contributed by atoms with E-state index in [9.17, 15) is 9.18 Å². The number of carbonyl (C=O) groups excluding carboxylic acids is 1. The molecule has 0 radical (unpaired) electrons. The first-order chi connectivity index (χ1) is 11.5. The number of hydrogen-bond donors (Lipinski definition) is 2. The van der Waals surface area contributed by atoms with E-state index >= 15 is 0 Å². The average molecular weight is 361 g/mol. The summed E-state index contributed by atoms with van der Waals surface area (Å²) in [5.41, 5.74) is 8.20. The number of nitrogens with two attached hydrogens (primary N) is 1. The maximum atomic E-state index is 13.7. The molecule has 0 bridgehead atoms. The first kappa shape index (κ1) is 15.2. The van der Waals surface area contributed by atoms with Gasteiger partial charge in [0.1, 0.15) is 5.82 Å². The second kappa shape index (κ2) is 5.36. The third-order valence-electron chi connectivity index (χ3n) is 4.23. The summed E-state index contributed by atoms with van der Waals surface area (Å²) < 4.78 is 13.7. The summed E-state index contributed by atoms with van der Waals surface area (Å²) in [7, 11) is 0. The molecule has 3 aromatic rings. The van der Waals surface area contributed by atoms with E-state index in [0.717, 1.165) is 10.8 Å². The molecule has 0 aliphatic carbocycles. The van der Waals surface area contributed by atoms with Crippen molar-refractivity contribution < 1.29 is 9.18 Å². The van der Waals surface area contributed by atoms with Gasteiger partial charge >= 0.3 is 0 Å². The Kier molecular flexibility index (Phi) is 3.41. The minimum Gasteiger partial charge on any atom is -0.398 e. The molecule has 0 saturated heterocycles. The van der Waals surface area contributed by atoms with Crippen molar-refractivity contribution in [3.63, 3.8) is 0 Å². The predicted molar refractivity (Wildman–Crippen MR) is 94.1 cm³/mol. The van der Waals surface area contributed by atoms with Gasteiger partial charge in [0, 0.05) is 26.9 Å². The van der Waals surface area contributed by atoms with E-state index in [0.29, 0.717) is 32.4 Å². The Morgan fingerprint density at radius 1 is 1.08 bits per heavy atom. The van der Waals surface area contributed by atoms with E-state index in [1.165, 1.54) is 18.2 Å². The van der Waals surface area contributed by atoms with Gasteiger partial charge in [-0.05, 0) is 47.2 Å². The monoisotopic (exact) mass is 360 g/mol. The topological polar surface area (TPSA) is 55.1 Å². The van der Waals surface area contributed by atoms with Crippen molar-refractivity contribution in [2.75, 3.05) is 5.73 Å². The minimum atomic E-state index is -0.587. The lowest BCUT2D eigenvalue weighted by molar-refractivity contribution is 0.0962. The lowest BCUT2D eigenvalue weighted by Crippen LogP contribution is -2.20. The molecule has 3 aromatic carbocycles. The lowest BCUT2D eigenvalue weighted by atomic mass is 9.92. The van der Waals surface area contributed by atoms with Crippen molar-refractivity contribution >= 4 is 45.6 Å². The van der Waals surface area contributed by atoms with Crippen LogP contribution in [0.5, 0.6) is 0 Å². The fraction of sp³-hybridized carbons (Fsp3) is 0.0556. The summed E-state index contributed by atoms with van der Waals surface area (Å²) in [6.45, 7) is 0. The summed E-state index contributed by atoms with van der Waals surface area (Å²) in [6.07, 6.45) is 0. The van der Waals surface area contributed by atoms with Gasteiger partial charge < -0.3 is 11.1 Å². The van der Waals surface area contributed by atoms with Gasteiger partial charge in [-0.15, -0.1) is 0 Å². The Hall–Kier alpha value is -2.30. The van der Waals surface area contributed by atoms with E-state index < -0.39 is 11.9 Å². The molecule has 0 spiro atoms. The SMILES string of the molecule is Nc1cc2cc(Cl)ccc2c2c1C(c1cc(F)ccc1Cl)NC2=O. The Morgan fingerprint density at radius 3 is 2.67 bits per heavy atom. The highest BCUT2D eigenvalue weighted by atomic mass is 35.5. The van der Waals surface area contributed by atoms with Gasteiger partial charge in [0.2, 0.25) is 0 Å². The van der Waals surface area contributed by atoms with Crippen LogP contribution in [0.3, 0.4) is 0 Å². The van der Waals surface area contributed by atoms with Gasteiger partial charge in [0.25, 0.3) is 5.91 Å². The fourth-order valence-corrected chi connectivity index (χ4v) is 3.62. The molecular weight excluding hydrogens is 350 g/mol. The van der Waals surface area contributed by atoms with Crippen molar-refractivity contribution in [1.82, 2.24) is 5.32 Å². The van der Waals surface area contributed by atoms with Crippen molar-refractivity contribution in [1.29, 1.82) is 0 Å². The molecule has 1 aliphatic rings. The van der Waals surface area contributed by atoms with Gasteiger partial charge in [-0.1, -0.05) is 29.3 Å². The molecule has 1 atom stereocenters. The van der Waals surface area contributed by atoms with Gasteiger partial charge in [-0.2, -0.15) is 0 Å². The van der Waals surface area contributed by atoms with E-state index in [1.54, 1.807) is 24.3 Å². The number of amides is 1. The highest BCUT2D eigenvalue weighted by Gasteiger charge is 2.34. The highest BCUT2D eigenvalue weighted by Crippen LogP contribution is 2.41. The molecule has 0 aromatic heterocycles. The first-order valence-corrected chi connectivity index (χ1v) is 7.99. The molecule has 6 heteroatoms. The first-order valence-electron chi connectivity index (χ1n) is 7.23. The number of nitrogen functional groups attached to an aromatic ring is 1. The third kappa shape index (κ3) is 2.22. The van der Waals surface area contributed by atoms with Crippen LogP contribution in [0.4, 0.5) is 10.1 Å². The number of halogens is 3. The zero-order valence-corrected chi connectivity index (χ0v) is 13.8. The summed E-state index contributed by atoms with van der Waals surface area (Å²) in [5.74, 6) is -0.696. The molecule has 3 nitrogen and oxygen atoms in total. The number of fused-ring (bicyclic) bond motifs is 3. The second-order valence-corrected chi connectivity index (χ2v) is 6.54. The summed E-state index contributed by atoms with van der Waals surface area (Å²) >= 11 is 12.2. The van der Waals surface area contributed by atoms with Crippen molar-refractivity contribution in [3.8, 4) is 0 Å². The van der Waals surface area contributed by atoms with Crippen LogP contribution in [0.15, 0.2) is 42.5 Å². The quantitative estimate of drug-likeness (QED) is 0.618. The van der Waals surface area contributed by atoms with Crippen LogP contribution in [0.25, 0.3) is 10.8 Å². The molecule has 1 amide bonds. The lowest BCUT2D eigenvalue weighted by Gasteiger charge is -2.16. The highest BCUT2D eigenvalue weighted by molar-refractivity contribution is 6.32. The van der Waals surface area contributed by atoms with E-state index in [-0.39, 0.29) is 5.91 Å². The van der Waals surface area contributed by atoms with E-state index in [4.69, 9.17) is 28.9 Å². The number of nitrogens with one attached hydrogen (secondary N) is 1. The average Bonchev–Trinajstić information content (AvgIpc) is 2.88. The van der Waals surface area contributed by atoms with Crippen LogP contribution in [0.1, 0.15) is 27.5 Å². The normalized spacial score (nSPS) is 16.3. The predicted octanol–water partition coefficient (Wildman–Crippen LogP) is 4.70. The molecule has 1 aliphatic heterocycles. The van der Waals surface area contributed by atoms with Crippen molar-refractivity contribution in [2.24, 2.45) is 0 Å². The zero-order valence-electron chi connectivity index (χ0n) is 12.2. The van der Waals surface area contributed by atoms with Gasteiger partial charge in [-0.25, -0.2) is 4.39 Å². The third-order valence-corrected chi connectivity index (χ3v) is 4.81. The molecule has 3 N–H and O–H groups in total. The maximum absolute atomic E-state index is 13.7. The molecule has 1 unspecified atom stereocenters. The second-order valence-electron chi connectivity index (χ2n) is 5.69. The Balaban J connectivity index is 2.01. The van der Waals surface area contributed by atoms with Crippen LogP contribution in [-0.4, -0.2) is 5.91 Å². The number of hydrogen-bond acceptors (Lipinski definition) is 2. The Bertz CT molecular complexity index is 1020. The van der Waals surface area contributed by atoms with Crippen molar-refractivity contribution in [3.05, 3.63) is 75.0 Å². The minimum absolute atomic E-state index is 0.269. The summed E-state index contributed by atoms with van der Waals surface area (Å²) in [5, 5.41) is 5.30. The van der Waals surface area contributed by atoms with Gasteiger partial charge in [-0.3, -0.25) is 4.79 Å². The maximum Gasteiger partial charge on any atom is 0.253 e. The molecule has 1 heterocycles. The van der Waals surface area contributed by atoms with E-state index in [2.05, 4.69) is 5.32 Å². The van der Waals surface area contributed by atoms with Crippen molar-refractivity contribution in [2.45, 2.75) is 6.04 Å². The van der Waals surface area contributed by atoms with Gasteiger partial charge in [0.05, 0.1) is 11.6 Å². The molecule has 4 rings (SSSR count). The van der Waals surface area contributed by atoms with E-state index in [1.807, 2.05) is 0 Å².